The lowest BCUT2D eigenvalue weighted by Gasteiger charge is -2.29. The molecule has 0 aliphatic carbocycles. The van der Waals surface area contributed by atoms with Crippen molar-refractivity contribution in [2.45, 2.75) is 64.4 Å². The Bertz CT molecular complexity index is 1210. The molecule has 1 fully saturated rings. The van der Waals surface area contributed by atoms with Gasteiger partial charge in [0.1, 0.15) is 11.5 Å². The normalized spacial score (nSPS) is 19.2. The molecule has 2 N–H and O–H groups in total. The Morgan fingerprint density at radius 3 is 2.47 bits per heavy atom. The summed E-state index contributed by atoms with van der Waals surface area (Å²) in [6.45, 7) is 11.3. The van der Waals surface area contributed by atoms with Crippen LogP contribution in [0.5, 0.6) is 0 Å². The van der Waals surface area contributed by atoms with Crippen LogP contribution in [0.15, 0.2) is 29.2 Å². The first-order chi connectivity index (χ1) is 17.1. The Morgan fingerprint density at radius 1 is 1.19 bits per heavy atom. The number of piperidine rings is 1. The number of anilines is 1. The van der Waals surface area contributed by atoms with Gasteiger partial charge in [0.2, 0.25) is 10.0 Å². The predicted molar refractivity (Wildman–Crippen MR) is 140 cm³/mol. The van der Waals surface area contributed by atoms with E-state index in [1.165, 1.54) is 44.8 Å². The van der Waals surface area contributed by atoms with Gasteiger partial charge in [0, 0.05) is 25.1 Å². The minimum atomic E-state index is -3.59. The van der Waals surface area contributed by atoms with Crippen molar-refractivity contribution in [3.63, 3.8) is 0 Å². The summed E-state index contributed by atoms with van der Waals surface area (Å²) in [6, 6.07) is 6.48. The third-order valence-corrected chi connectivity index (χ3v) is 10.3. The van der Waals surface area contributed by atoms with Gasteiger partial charge in [-0.25, -0.2) is 13.2 Å². The standard InChI is InChI=1S/C26H35N3O5S2/c1-5-34-26(31)23-21-12-13-28(17(2)3)16-22(21)35-25(23)27-24(30)19-6-8-20(9-7-19)36(32,33)29-14-10-18(4)11-15-29/h6-9,17-18H,5,10-16H2,1-4H3,(H,27,30)/p+1. The van der Waals surface area contributed by atoms with E-state index >= 15 is 0 Å². The van der Waals surface area contributed by atoms with Crippen molar-refractivity contribution >= 4 is 38.2 Å². The average molecular weight is 535 g/mol. The van der Waals surface area contributed by atoms with Crippen LogP contribution in [0.4, 0.5) is 5.00 Å². The summed E-state index contributed by atoms with van der Waals surface area (Å²) < 4.78 is 32.8. The number of carbonyl (C=O) groups excluding carboxylic acids is 2. The zero-order chi connectivity index (χ0) is 26.0. The van der Waals surface area contributed by atoms with Gasteiger partial charge < -0.3 is 15.0 Å². The topological polar surface area (TPSA) is 97.2 Å². The number of carbonyl (C=O) groups is 2. The summed E-state index contributed by atoms with van der Waals surface area (Å²) in [6.07, 6.45) is 2.46. The molecule has 36 heavy (non-hydrogen) atoms. The number of amides is 1. The molecule has 4 rings (SSSR count). The third kappa shape index (κ3) is 5.51. The van der Waals surface area contributed by atoms with Crippen molar-refractivity contribution in [3.05, 3.63) is 45.8 Å². The van der Waals surface area contributed by atoms with E-state index in [-0.39, 0.29) is 17.4 Å². The van der Waals surface area contributed by atoms with Crippen molar-refractivity contribution in [2.75, 3.05) is 31.6 Å². The Labute approximate surface area is 217 Å². The second-order valence-corrected chi connectivity index (χ2v) is 13.0. The molecule has 1 amide bonds. The molecule has 1 saturated heterocycles. The minimum Gasteiger partial charge on any atom is -0.462 e. The number of nitrogens with zero attached hydrogens (tertiary/aromatic N) is 1. The van der Waals surface area contributed by atoms with Gasteiger partial charge in [-0.2, -0.15) is 4.31 Å². The molecule has 2 aliphatic rings. The fraction of sp³-hybridized carbons (Fsp3) is 0.538. The molecule has 8 nitrogen and oxygen atoms in total. The van der Waals surface area contributed by atoms with E-state index in [0.717, 1.165) is 42.8 Å². The Balaban J connectivity index is 1.54. The number of sulfonamides is 1. The highest BCUT2D eigenvalue weighted by atomic mass is 32.2. The first-order valence-electron chi connectivity index (χ1n) is 12.7. The number of benzene rings is 1. The lowest BCUT2D eigenvalue weighted by atomic mass is 10.0. The second kappa shape index (κ2) is 11.0. The van der Waals surface area contributed by atoms with Gasteiger partial charge in [-0.15, -0.1) is 11.3 Å². The van der Waals surface area contributed by atoms with E-state index in [0.29, 0.717) is 41.2 Å². The summed E-state index contributed by atoms with van der Waals surface area (Å²) in [5.41, 5.74) is 1.75. The highest BCUT2D eigenvalue weighted by Gasteiger charge is 2.32. The smallest absolute Gasteiger partial charge is 0.341 e. The van der Waals surface area contributed by atoms with E-state index in [9.17, 15) is 18.0 Å². The van der Waals surface area contributed by atoms with E-state index < -0.39 is 16.0 Å². The summed E-state index contributed by atoms with van der Waals surface area (Å²) in [5.74, 6) is -0.279. The molecule has 196 valence electrons. The van der Waals surface area contributed by atoms with Crippen LogP contribution in [0.1, 0.15) is 71.7 Å². The third-order valence-electron chi connectivity index (χ3n) is 7.19. The SMILES string of the molecule is CCOC(=O)c1c(NC(=O)c2ccc(S(=O)(=O)N3CCC(C)CC3)cc2)sc2c1CC[NH+](C(C)C)C2. The van der Waals surface area contributed by atoms with E-state index in [1.54, 1.807) is 6.92 Å². The number of quaternary nitrogens is 1. The summed E-state index contributed by atoms with van der Waals surface area (Å²) >= 11 is 1.43. The quantitative estimate of drug-likeness (QED) is 0.533. The fourth-order valence-corrected chi connectivity index (χ4v) is 7.58. The molecule has 0 spiro atoms. The van der Waals surface area contributed by atoms with Gasteiger partial charge in [0.25, 0.3) is 5.91 Å². The number of thiophene rings is 1. The molecule has 10 heteroatoms. The van der Waals surface area contributed by atoms with E-state index in [1.807, 2.05) is 0 Å². The zero-order valence-electron chi connectivity index (χ0n) is 21.4. The number of fused-ring (bicyclic) bond motifs is 1. The lowest BCUT2D eigenvalue weighted by Crippen LogP contribution is -3.14. The summed E-state index contributed by atoms with van der Waals surface area (Å²) in [7, 11) is -3.59. The van der Waals surface area contributed by atoms with Gasteiger partial charge in [-0.1, -0.05) is 6.92 Å². The van der Waals surface area contributed by atoms with Crippen molar-refractivity contribution in [1.82, 2.24) is 4.31 Å². The summed E-state index contributed by atoms with van der Waals surface area (Å²) in [5, 5.41) is 3.40. The predicted octanol–water partition coefficient (Wildman–Crippen LogP) is 2.95. The van der Waals surface area contributed by atoms with Crippen molar-refractivity contribution < 1.29 is 27.6 Å². The van der Waals surface area contributed by atoms with Gasteiger partial charge in [0.15, 0.2) is 0 Å². The number of hydrogen-bond donors (Lipinski definition) is 2. The van der Waals surface area contributed by atoms with Gasteiger partial charge >= 0.3 is 5.97 Å². The van der Waals surface area contributed by atoms with Crippen LogP contribution in [0, 0.1) is 5.92 Å². The number of rotatable bonds is 7. The first-order valence-corrected chi connectivity index (χ1v) is 14.9. The number of esters is 1. The maximum absolute atomic E-state index is 13.1. The van der Waals surface area contributed by atoms with Crippen molar-refractivity contribution in [1.29, 1.82) is 0 Å². The fourth-order valence-electron chi connectivity index (χ4n) is 4.83. The average Bonchev–Trinajstić information content (AvgIpc) is 3.21. The van der Waals surface area contributed by atoms with Crippen molar-refractivity contribution in [2.24, 2.45) is 5.92 Å². The maximum Gasteiger partial charge on any atom is 0.341 e. The molecule has 1 unspecified atom stereocenters. The largest absolute Gasteiger partial charge is 0.462 e. The highest BCUT2D eigenvalue weighted by molar-refractivity contribution is 7.89. The highest BCUT2D eigenvalue weighted by Crippen LogP contribution is 2.36. The van der Waals surface area contributed by atoms with Gasteiger partial charge in [-0.05, 0) is 69.4 Å². The molecule has 2 aliphatic heterocycles. The number of nitrogens with one attached hydrogen (secondary N) is 2. The Kier molecular flexibility index (Phi) is 8.18. The molecular formula is C26H36N3O5S2+. The summed E-state index contributed by atoms with van der Waals surface area (Å²) in [4.78, 5) is 28.6. The monoisotopic (exact) mass is 534 g/mol. The molecule has 2 aromatic rings. The van der Waals surface area contributed by atoms with E-state index in [4.69, 9.17) is 4.74 Å². The van der Waals surface area contributed by atoms with Crippen LogP contribution >= 0.6 is 11.3 Å². The molecule has 3 heterocycles. The minimum absolute atomic E-state index is 0.184. The number of hydrogen-bond acceptors (Lipinski definition) is 6. The first kappa shape index (κ1) is 26.8. The molecule has 0 radical (unpaired) electrons. The van der Waals surface area contributed by atoms with Crippen LogP contribution in [0.3, 0.4) is 0 Å². The Hall–Kier alpha value is -2.27. The van der Waals surface area contributed by atoms with Gasteiger partial charge in [-0.3, -0.25) is 4.79 Å². The zero-order valence-corrected chi connectivity index (χ0v) is 23.1. The second-order valence-electron chi connectivity index (χ2n) is 9.98. The van der Waals surface area contributed by atoms with Crippen LogP contribution in [-0.2, 0) is 27.7 Å². The van der Waals surface area contributed by atoms with Crippen LogP contribution in [0.2, 0.25) is 0 Å². The van der Waals surface area contributed by atoms with Crippen LogP contribution in [0.25, 0.3) is 0 Å². The maximum atomic E-state index is 13.1. The molecule has 0 bridgehead atoms. The molecule has 1 aromatic heterocycles. The van der Waals surface area contributed by atoms with Gasteiger partial charge in [0.05, 0.1) is 34.5 Å². The Morgan fingerprint density at radius 2 is 1.86 bits per heavy atom. The van der Waals surface area contributed by atoms with Crippen LogP contribution < -0.4 is 10.2 Å². The lowest BCUT2D eigenvalue weighted by molar-refractivity contribution is -0.936. The van der Waals surface area contributed by atoms with E-state index in [2.05, 4.69) is 26.1 Å². The molecule has 1 aromatic carbocycles. The van der Waals surface area contributed by atoms with Crippen molar-refractivity contribution in [3.8, 4) is 0 Å². The van der Waals surface area contributed by atoms with Crippen LogP contribution in [-0.4, -0.2) is 56.9 Å². The molecular weight excluding hydrogens is 498 g/mol. The number of ether oxygens (including phenoxy) is 1. The molecule has 1 atom stereocenters. The molecule has 0 saturated carbocycles.